The van der Waals surface area contributed by atoms with Gasteiger partial charge in [0.1, 0.15) is 5.82 Å². The van der Waals surface area contributed by atoms with Crippen LogP contribution in [0.4, 0.5) is 4.39 Å². The fourth-order valence-electron chi connectivity index (χ4n) is 1.82. The third-order valence-corrected chi connectivity index (χ3v) is 4.14. The molecule has 1 fully saturated rings. The van der Waals surface area contributed by atoms with Crippen LogP contribution in [0.15, 0.2) is 17.0 Å². The Hall–Kier alpha value is -1.22. The number of nitrogens with zero attached hydrogens (tertiary/aromatic N) is 1. The van der Waals surface area contributed by atoms with Crippen molar-refractivity contribution in [2.75, 3.05) is 26.3 Å². The number of ether oxygens (including phenoxy) is 1. The monoisotopic (exact) mass is 322 g/mol. The van der Waals surface area contributed by atoms with Crippen LogP contribution >= 0.6 is 11.6 Å². The second-order valence-corrected chi connectivity index (χ2v) is 6.16. The fraction of sp³-hybridized carbons (Fsp3) is 0.364. The Morgan fingerprint density at radius 3 is 2.50 bits per heavy atom. The predicted molar refractivity (Wildman–Crippen MR) is 69.5 cm³/mol. The summed E-state index contributed by atoms with van der Waals surface area (Å²) in [5, 5.41) is 4.52. The molecule has 0 unspecified atom stereocenters. The van der Waals surface area contributed by atoms with E-state index in [4.69, 9.17) is 21.5 Å². The maximum absolute atomic E-state index is 13.7. The van der Waals surface area contributed by atoms with Crippen LogP contribution in [-0.2, 0) is 14.8 Å². The zero-order valence-corrected chi connectivity index (χ0v) is 11.9. The van der Waals surface area contributed by atoms with Gasteiger partial charge in [0.05, 0.1) is 28.7 Å². The van der Waals surface area contributed by atoms with Crippen molar-refractivity contribution in [2.24, 2.45) is 5.14 Å². The molecule has 0 radical (unpaired) electrons. The number of carbonyl (C=O) groups is 1. The number of benzene rings is 1. The quantitative estimate of drug-likeness (QED) is 0.863. The summed E-state index contributed by atoms with van der Waals surface area (Å²) in [7, 11) is -4.12. The van der Waals surface area contributed by atoms with Crippen LogP contribution in [0, 0.1) is 5.82 Å². The van der Waals surface area contributed by atoms with Gasteiger partial charge < -0.3 is 9.64 Å². The van der Waals surface area contributed by atoms with Gasteiger partial charge in [0, 0.05) is 13.1 Å². The minimum atomic E-state index is -4.12. The van der Waals surface area contributed by atoms with Gasteiger partial charge in [-0.1, -0.05) is 11.6 Å². The first-order valence-electron chi connectivity index (χ1n) is 5.69. The largest absolute Gasteiger partial charge is 0.378 e. The fourth-order valence-corrected chi connectivity index (χ4v) is 2.56. The van der Waals surface area contributed by atoms with Gasteiger partial charge in [0.15, 0.2) is 0 Å². The summed E-state index contributed by atoms with van der Waals surface area (Å²) in [6, 6.07) is 1.67. The second-order valence-electron chi connectivity index (χ2n) is 4.22. The minimum Gasteiger partial charge on any atom is -0.378 e. The summed E-state index contributed by atoms with van der Waals surface area (Å²) in [5.41, 5.74) is -0.224. The zero-order chi connectivity index (χ0) is 14.9. The average Bonchev–Trinajstić information content (AvgIpc) is 2.40. The number of nitrogens with two attached hydrogens (primary N) is 1. The summed E-state index contributed by atoms with van der Waals surface area (Å²) in [5.74, 6) is -1.56. The van der Waals surface area contributed by atoms with Crippen molar-refractivity contribution < 1.29 is 22.3 Å². The highest BCUT2D eigenvalue weighted by Crippen LogP contribution is 2.25. The van der Waals surface area contributed by atoms with E-state index in [1.54, 1.807) is 0 Å². The lowest BCUT2D eigenvalue weighted by atomic mass is 10.2. The lowest BCUT2D eigenvalue weighted by Crippen LogP contribution is -2.41. The summed E-state index contributed by atoms with van der Waals surface area (Å²) in [6.45, 7) is 1.38. The molecule has 2 rings (SSSR count). The Labute approximate surface area is 120 Å². The van der Waals surface area contributed by atoms with Crippen molar-refractivity contribution in [3.05, 3.63) is 28.5 Å². The van der Waals surface area contributed by atoms with Crippen LogP contribution in [0.2, 0.25) is 5.02 Å². The normalized spacial score (nSPS) is 16.2. The van der Waals surface area contributed by atoms with Crippen LogP contribution in [0.3, 0.4) is 0 Å². The van der Waals surface area contributed by atoms with Crippen molar-refractivity contribution in [3.8, 4) is 0 Å². The van der Waals surface area contributed by atoms with E-state index in [0.717, 1.165) is 6.07 Å². The van der Waals surface area contributed by atoms with Crippen LogP contribution < -0.4 is 5.14 Å². The highest BCUT2D eigenvalue weighted by Gasteiger charge is 2.24. The number of morpholine rings is 1. The van der Waals surface area contributed by atoms with Gasteiger partial charge in [-0.15, -0.1) is 0 Å². The zero-order valence-electron chi connectivity index (χ0n) is 10.3. The third-order valence-electron chi connectivity index (χ3n) is 2.86. The molecule has 0 spiro atoms. The van der Waals surface area contributed by atoms with Crippen LogP contribution in [0.5, 0.6) is 0 Å². The van der Waals surface area contributed by atoms with Crippen molar-refractivity contribution in [3.63, 3.8) is 0 Å². The summed E-state index contributed by atoms with van der Waals surface area (Å²) in [4.78, 5) is 13.2. The number of primary sulfonamides is 1. The molecule has 1 heterocycles. The van der Waals surface area contributed by atoms with Crippen LogP contribution in [0.1, 0.15) is 10.4 Å². The number of rotatable bonds is 2. The van der Waals surface area contributed by atoms with Crippen molar-refractivity contribution in [1.82, 2.24) is 4.90 Å². The number of sulfonamides is 1. The predicted octanol–water partition coefficient (Wildman–Crippen LogP) is 0.599. The molecular weight excluding hydrogens is 311 g/mol. The lowest BCUT2D eigenvalue weighted by Gasteiger charge is -2.27. The number of hydrogen-bond donors (Lipinski definition) is 1. The van der Waals surface area contributed by atoms with Gasteiger partial charge in [-0.2, -0.15) is 0 Å². The maximum Gasteiger partial charge on any atom is 0.255 e. The molecule has 1 aromatic rings. The standard InChI is InChI=1S/C11H12ClFN2O4S/c12-10-8(11(16)15-1-3-19-4-2-15)5-7(6-9(10)13)20(14,17)18/h5-6H,1-4H2,(H2,14,17,18). The second kappa shape index (κ2) is 5.65. The van der Waals surface area contributed by atoms with Gasteiger partial charge in [-0.05, 0) is 12.1 Å². The first kappa shape index (κ1) is 15.2. The topological polar surface area (TPSA) is 89.7 Å². The number of halogens is 2. The molecule has 110 valence electrons. The summed E-state index contributed by atoms with van der Waals surface area (Å²) in [6.07, 6.45) is 0. The molecule has 9 heteroatoms. The first-order valence-corrected chi connectivity index (χ1v) is 7.62. The van der Waals surface area contributed by atoms with Gasteiger partial charge >= 0.3 is 0 Å². The Morgan fingerprint density at radius 2 is 1.95 bits per heavy atom. The third kappa shape index (κ3) is 3.09. The summed E-state index contributed by atoms with van der Waals surface area (Å²) >= 11 is 5.74. The van der Waals surface area contributed by atoms with Gasteiger partial charge in [-0.25, -0.2) is 17.9 Å². The van der Waals surface area contributed by atoms with Crippen molar-refractivity contribution in [2.45, 2.75) is 4.90 Å². The first-order chi connectivity index (χ1) is 9.30. The minimum absolute atomic E-state index is 0.224. The van der Waals surface area contributed by atoms with Crippen molar-refractivity contribution in [1.29, 1.82) is 0 Å². The summed E-state index contributed by atoms with van der Waals surface area (Å²) < 4.78 is 41.3. The van der Waals surface area contributed by atoms with E-state index in [-0.39, 0.29) is 5.56 Å². The molecular formula is C11H12ClFN2O4S. The number of carbonyl (C=O) groups excluding carboxylic acids is 1. The Kier molecular flexibility index (Phi) is 4.28. The molecule has 0 saturated carbocycles. The van der Waals surface area contributed by atoms with E-state index >= 15 is 0 Å². The molecule has 0 aliphatic carbocycles. The molecule has 1 saturated heterocycles. The van der Waals surface area contributed by atoms with E-state index in [0.29, 0.717) is 32.4 Å². The molecule has 1 aliphatic rings. The highest BCUT2D eigenvalue weighted by molar-refractivity contribution is 7.89. The van der Waals surface area contributed by atoms with Gasteiger partial charge in [0.2, 0.25) is 10.0 Å². The average molecular weight is 323 g/mol. The molecule has 1 amide bonds. The molecule has 0 aromatic heterocycles. The molecule has 6 nitrogen and oxygen atoms in total. The van der Waals surface area contributed by atoms with E-state index in [1.165, 1.54) is 4.90 Å². The molecule has 1 aromatic carbocycles. The molecule has 1 aliphatic heterocycles. The van der Waals surface area contributed by atoms with E-state index in [9.17, 15) is 17.6 Å². The van der Waals surface area contributed by atoms with E-state index < -0.39 is 31.7 Å². The SMILES string of the molecule is NS(=O)(=O)c1cc(F)c(Cl)c(C(=O)N2CCOCC2)c1. The molecule has 0 bridgehead atoms. The van der Waals surface area contributed by atoms with Crippen molar-refractivity contribution >= 4 is 27.5 Å². The van der Waals surface area contributed by atoms with Crippen LogP contribution in [-0.4, -0.2) is 45.5 Å². The smallest absolute Gasteiger partial charge is 0.255 e. The molecule has 2 N–H and O–H groups in total. The Bertz CT molecular complexity index is 644. The maximum atomic E-state index is 13.7. The van der Waals surface area contributed by atoms with Gasteiger partial charge in [-0.3, -0.25) is 4.79 Å². The molecule has 0 atom stereocenters. The van der Waals surface area contributed by atoms with E-state index in [1.807, 2.05) is 0 Å². The highest BCUT2D eigenvalue weighted by atomic mass is 35.5. The van der Waals surface area contributed by atoms with E-state index in [2.05, 4.69) is 0 Å². The lowest BCUT2D eigenvalue weighted by molar-refractivity contribution is 0.0302. The Morgan fingerprint density at radius 1 is 1.35 bits per heavy atom. The molecule has 20 heavy (non-hydrogen) atoms. The Balaban J connectivity index is 2.44. The number of amides is 1. The number of hydrogen-bond acceptors (Lipinski definition) is 4. The van der Waals surface area contributed by atoms with Crippen LogP contribution in [0.25, 0.3) is 0 Å². The van der Waals surface area contributed by atoms with Gasteiger partial charge in [0.25, 0.3) is 5.91 Å².